The van der Waals surface area contributed by atoms with Crippen LogP contribution in [-0.4, -0.2) is 9.97 Å². The quantitative estimate of drug-likeness (QED) is 0.856. The monoisotopic (exact) mass is 248 g/mol. The molecule has 0 radical (unpaired) electrons. The molecule has 0 amide bonds. The average molecular weight is 249 g/mol. The Morgan fingerprint density at radius 3 is 2.53 bits per heavy atom. The van der Waals surface area contributed by atoms with Crippen molar-refractivity contribution in [3.8, 4) is 11.1 Å². The van der Waals surface area contributed by atoms with E-state index < -0.39 is 0 Å². The zero-order valence-electron chi connectivity index (χ0n) is 9.44. The highest BCUT2D eigenvalue weighted by atomic mass is 35.5. The first-order valence-electron chi connectivity index (χ1n) is 5.30. The summed E-state index contributed by atoms with van der Waals surface area (Å²) in [5.41, 5.74) is 13.9. The second-order valence-corrected chi connectivity index (χ2v) is 4.03. The van der Waals surface area contributed by atoms with Gasteiger partial charge in [-0.15, -0.1) is 0 Å². The molecule has 0 atom stereocenters. The fourth-order valence-electron chi connectivity index (χ4n) is 1.76. The van der Waals surface area contributed by atoms with Gasteiger partial charge < -0.3 is 11.5 Å². The summed E-state index contributed by atoms with van der Waals surface area (Å²) in [5, 5.41) is 0.627. The van der Waals surface area contributed by atoms with Crippen LogP contribution in [0.25, 0.3) is 11.1 Å². The highest BCUT2D eigenvalue weighted by Crippen LogP contribution is 2.33. The standard InChI is InChI=1S/C12H13ClN4/c1-2-9-10(11(14)17-12(15)16-9)7-5-3-4-6-8(7)13/h3-6H,2H2,1H3,(H4,14,15,16,17). The molecule has 0 saturated carbocycles. The number of anilines is 2. The Morgan fingerprint density at radius 2 is 1.88 bits per heavy atom. The van der Waals surface area contributed by atoms with Crippen LogP contribution in [0.1, 0.15) is 12.6 Å². The number of benzene rings is 1. The van der Waals surface area contributed by atoms with Crippen LogP contribution in [0, 0.1) is 0 Å². The zero-order chi connectivity index (χ0) is 12.4. The van der Waals surface area contributed by atoms with Crippen LogP contribution in [0.15, 0.2) is 24.3 Å². The summed E-state index contributed by atoms with van der Waals surface area (Å²) in [6.45, 7) is 1.99. The number of halogens is 1. The largest absolute Gasteiger partial charge is 0.383 e. The van der Waals surface area contributed by atoms with E-state index in [1.54, 1.807) is 0 Å². The fourth-order valence-corrected chi connectivity index (χ4v) is 1.99. The third-order valence-corrected chi connectivity index (χ3v) is 2.84. The Balaban J connectivity index is 2.71. The number of aromatic nitrogens is 2. The smallest absolute Gasteiger partial charge is 0.222 e. The molecule has 0 aliphatic heterocycles. The van der Waals surface area contributed by atoms with E-state index in [1.165, 1.54) is 0 Å². The van der Waals surface area contributed by atoms with E-state index in [9.17, 15) is 0 Å². The van der Waals surface area contributed by atoms with Gasteiger partial charge in [0.25, 0.3) is 0 Å². The van der Waals surface area contributed by atoms with Crippen molar-refractivity contribution in [2.75, 3.05) is 11.5 Å². The number of nitrogen functional groups attached to an aromatic ring is 2. The number of hydrogen-bond donors (Lipinski definition) is 2. The summed E-state index contributed by atoms with van der Waals surface area (Å²) < 4.78 is 0. The molecular weight excluding hydrogens is 236 g/mol. The molecular formula is C12H13ClN4. The maximum Gasteiger partial charge on any atom is 0.222 e. The van der Waals surface area contributed by atoms with Gasteiger partial charge in [0, 0.05) is 16.1 Å². The van der Waals surface area contributed by atoms with Crippen LogP contribution < -0.4 is 11.5 Å². The van der Waals surface area contributed by atoms with E-state index in [-0.39, 0.29) is 5.95 Å². The molecule has 17 heavy (non-hydrogen) atoms. The van der Waals surface area contributed by atoms with Gasteiger partial charge >= 0.3 is 0 Å². The van der Waals surface area contributed by atoms with Crippen LogP contribution in [0.2, 0.25) is 5.02 Å². The fraction of sp³-hybridized carbons (Fsp3) is 0.167. The molecule has 4 nitrogen and oxygen atoms in total. The van der Waals surface area contributed by atoms with E-state index in [0.29, 0.717) is 10.8 Å². The van der Waals surface area contributed by atoms with Gasteiger partial charge in [-0.2, -0.15) is 4.98 Å². The van der Waals surface area contributed by atoms with Gasteiger partial charge in [-0.05, 0) is 12.5 Å². The lowest BCUT2D eigenvalue weighted by Gasteiger charge is -2.11. The first kappa shape index (κ1) is 11.7. The van der Waals surface area contributed by atoms with Crippen LogP contribution in [-0.2, 0) is 6.42 Å². The minimum atomic E-state index is 0.190. The summed E-state index contributed by atoms with van der Waals surface area (Å²) >= 11 is 6.16. The summed E-state index contributed by atoms with van der Waals surface area (Å²) in [6, 6.07) is 7.47. The van der Waals surface area contributed by atoms with Gasteiger partial charge in [0.1, 0.15) is 5.82 Å². The Morgan fingerprint density at radius 1 is 1.18 bits per heavy atom. The summed E-state index contributed by atoms with van der Waals surface area (Å²) in [4.78, 5) is 8.18. The predicted octanol–water partition coefficient (Wildman–Crippen LogP) is 2.52. The number of nitrogens with zero attached hydrogens (tertiary/aromatic N) is 2. The predicted molar refractivity (Wildman–Crippen MR) is 70.7 cm³/mol. The first-order valence-corrected chi connectivity index (χ1v) is 5.68. The van der Waals surface area contributed by atoms with E-state index in [0.717, 1.165) is 23.2 Å². The van der Waals surface area contributed by atoms with Crippen molar-refractivity contribution in [2.45, 2.75) is 13.3 Å². The summed E-state index contributed by atoms with van der Waals surface area (Å²) in [5.74, 6) is 0.553. The minimum Gasteiger partial charge on any atom is -0.383 e. The van der Waals surface area contributed by atoms with E-state index in [1.807, 2.05) is 31.2 Å². The molecule has 2 rings (SSSR count). The molecule has 0 unspecified atom stereocenters. The van der Waals surface area contributed by atoms with Crippen LogP contribution in [0.3, 0.4) is 0 Å². The van der Waals surface area contributed by atoms with Crippen molar-refractivity contribution >= 4 is 23.4 Å². The Bertz CT molecular complexity index is 554. The molecule has 0 fully saturated rings. The van der Waals surface area contributed by atoms with Crippen LogP contribution >= 0.6 is 11.6 Å². The molecule has 0 aliphatic rings. The van der Waals surface area contributed by atoms with Gasteiger partial charge in [0.2, 0.25) is 5.95 Å². The SMILES string of the molecule is CCc1nc(N)nc(N)c1-c1ccccc1Cl. The normalized spacial score (nSPS) is 10.5. The van der Waals surface area contributed by atoms with Crippen molar-refractivity contribution in [1.82, 2.24) is 9.97 Å². The molecule has 0 bridgehead atoms. The lowest BCUT2D eigenvalue weighted by Crippen LogP contribution is -2.06. The molecule has 1 aromatic carbocycles. The lowest BCUT2D eigenvalue weighted by atomic mass is 10.0. The van der Waals surface area contributed by atoms with Crippen molar-refractivity contribution in [3.63, 3.8) is 0 Å². The Kier molecular flexibility index (Phi) is 3.15. The number of rotatable bonds is 2. The van der Waals surface area contributed by atoms with E-state index in [4.69, 9.17) is 23.1 Å². The highest BCUT2D eigenvalue weighted by Gasteiger charge is 2.14. The second-order valence-electron chi connectivity index (χ2n) is 3.62. The maximum atomic E-state index is 6.16. The van der Waals surface area contributed by atoms with E-state index >= 15 is 0 Å². The average Bonchev–Trinajstić information content (AvgIpc) is 2.29. The molecule has 5 heteroatoms. The van der Waals surface area contributed by atoms with Gasteiger partial charge in [0.15, 0.2) is 0 Å². The van der Waals surface area contributed by atoms with Crippen LogP contribution in [0.5, 0.6) is 0 Å². The van der Waals surface area contributed by atoms with Gasteiger partial charge in [0.05, 0.1) is 5.69 Å². The zero-order valence-corrected chi connectivity index (χ0v) is 10.2. The molecule has 0 spiro atoms. The third-order valence-electron chi connectivity index (χ3n) is 2.51. The van der Waals surface area contributed by atoms with Gasteiger partial charge in [-0.1, -0.05) is 36.7 Å². The van der Waals surface area contributed by atoms with Crippen molar-refractivity contribution in [3.05, 3.63) is 35.0 Å². The van der Waals surface area contributed by atoms with Gasteiger partial charge in [-0.3, -0.25) is 0 Å². The first-order chi connectivity index (χ1) is 8.13. The molecule has 0 saturated heterocycles. The second kappa shape index (κ2) is 4.59. The summed E-state index contributed by atoms with van der Waals surface area (Å²) in [6.07, 6.45) is 0.720. The molecule has 0 aliphatic carbocycles. The van der Waals surface area contributed by atoms with Crippen molar-refractivity contribution in [2.24, 2.45) is 0 Å². The van der Waals surface area contributed by atoms with E-state index in [2.05, 4.69) is 9.97 Å². The number of nitrogens with two attached hydrogens (primary N) is 2. The molecule has 4 N–H and O–H groups in total. The number of aryl methyl sites for hydroxylation is 1. The van der Waals surface area contributed by atoms with Crippen molar-refractivity contribution in [1.29, 1.82) is 0 Å². The minimum absolute atomic E-state index is 0.190. The topological polar surface area (TPSA) is 77.8 Å². The third kappa shape index (κ3) is 2.17. The summed E-state index contributed by atoms with van der Waals surface area (Å²) in [7, 11) is 0. The number of hydrogen-bond acceptors (Lipinski definition) is 4. The lowest BCUT2D eigenvalue weighted by molar-refractivity contribution is 1.02. The molecule has 2 aromatic rings. The Hall–Kier alpha value is -1.81. The highest BCUT2D eigenvalue weighted by molar-refractivity contribution is 6.33. The molecule has 1 heterocycles. The van der Waals surface area contributed by atoms with Gasteiger partial charge in [-0.25, -0.2) is 4.98 Å². The van der Waals surface area contributed by atoms with Crippen molar-refractivity contribution < 1.29 is 0 Å². The molecule has 1 aromatic heterocycles. The van der Waals surface area contributed by atoms with Crippen LogP contribution in [0.4, 0.5) is 11.8 Å². The maximum absolute atomic E-state index is 6.16. The Labute approximate surface area is 105 Å². The molecule has 88 valence electrons.